The van der Waals surface area contributed by atoms with Crippen molar-refractivity contribution in [1.82, 2.24) is 4.90 Å². The average Bonchev–Trinajstić information content (AvgIpc) is 1.78. The van der Waals surface area contributed by atoms with E-state index < -0.39 is 17.6 Å². The summed E-state index contributed by atoms with van der Waals surface area (Å²) in [4.78, 5) is 1.75. The predicted molar refractivity (Wildman–Crippen MR) is 38.2 cm³/mol. The molecular formula is C5H10F3NOS. The molecule has 0 fully saturated rings. The first-order chi connectivity index (χ1) is 4.92. The number of alkyl halides is 3. The number of rotatable bonds is 4. The first-order valence-corrected chi connectivity index (χ1v) is 3.68. The molecule has 6 heteroatoms. The molecule has 68 valence electrons. The second kappa shape index (κ2) is 4.84. The van der Waals surface area contributed by atoms with E-state index in [1.807, 2.05) is 0 Å². The molecule has 0 aromatic carbocycles. The maximum absolute atomic E-state index is 11.4. The summed E-state index contributed by atoms with van der Waals surface area (Å²) in [7, 11) is 3.53. The minimum Gasteiger partial charge on any atom is -0.307 e. The van der Waals surface area contributed by atoms with E-state index in [2.05, 4.69) is 4.18 Å². The van der Waals surface area contributed by atoms with Gasteiger partial charge in [0.25, 0.3) is 0 Å². The Balaban J connectivity index is 3.15. The molecule has 0 aromatic rings. The van der Waals surface area contributed by atoms with Crippen molar-refractivity contribution in [2.75, 3.05) is 27.2 Å². The van der Waals surface area contributed by atoms with Crippen LogP contribution >= 0.6 is 12.0 Å². The molecule has 0 saturated heterocycles. The minimum absolute atomic E-state index is 0.0805. The second-order valence-corrected chi connectivity index (χ2v) is 3.02. The van der Waals surface area contributed by atoms with Crippen molar-refractivity contribution < 1.29 is 17.4 Å². The minimum atomic E-state index is -4.29. The molecule has 0 saturated carbocycles. The highest BCUT2D eigenvalue weighted by molar-refractivity contribution is 7.95. The van der Waals surface area contributed by atoms with Crippen LogP contribution in [0.5, 0.6) is 0 Å². The van der Waals surface area contributed by atoms with Crippen LogP contribution in [0.4, 0.5) is 13.2 Å². The van der Waals surface area contributed by atoms with Gasteiger partial charge in [0, 0.05) is 6.54 Å². The van der Waals surface area contributed by atoms with Gasteiger partial charge in [-0.1, -0.05) is 0 Å². The van der Waals surface area contributed by atoms with Crippen molar-refractivity contribution in [2.24, 2.45) is 0 Å². The smallest absolute Gasteiger partial charge is 0.307 e. The highest BCUT2D eigenvalue weighted by Crippen LogP contribution is 2.30. The van der Waals surface area contributed by atoms with E-state index in [4.69, 9.17) is 0 Å². The Morgan fingerprint density at radius 2 is 1.91 bits per heavy atom. The van der Waals surface area contributed by atoms with Crippen molar-refractivity contribution in [3.05, 3.63) is 0 Å². The van der Waals surface area contributed by atoms with E-state index in [9.17, 15) is 13.2 Å². The van der Waals surface area contributed by atoms with E-state index in [-0.39, 0.29) is 6.61 Å². The first-order valence-electron chi connectivity index (χ1n) is 2.94. The molecule has 0 unspecified atom stereocenters. The van der Waals surface area contributed by atoms with Crippen LogP contribution < -0.4 is 0 Å². The first kappa shape index (κ1) is 11.1. The highest BCUT2D eigenvalue weighted by Gasteiger charge is 2.29. The van der Waals surface area contributed by atoms with Crippen molar-refractivity contribution in [3.63, 3.8) is 0 Å². The lowest BCUT2D eigenvalue weighted by molar-refractivity contribution is -0.0398. The summed E-state index contributed by atoms with van der Waals surface area (Å²) in [6.45, 7) is 0.570. The molecule has 0 atom stereocenters. The second-order valence-electron chi connectivity index (χ2n) is 2.15. The third-order valence-corrected chi connectivity index (χ3v) is 1.25. The summed E-state index contributed by atoms with van der Waals surface area (Å²) in [6, 6.07) is 0. The van der Waals surface area contributed by atoms with Gasteiger partial charge in [-0.05, 0) is 14.1 Å². The van der Waals surface area contributed by atoms with E-state index in [1.54, 1.807) is 19.0 Å². The van der Waals surface area contributed by atoms with Crippen molar-refractivity contribution in [3.8, 4) is 0 Å². The van der Waals surface area contributed by atoms with Crippen LogP contribution in [0.2, 0.25) is 0 Å². The number of hydrogen-bond donors (Lipinski definition) is 0. The normalized spacial score (nSPS) is 12.5. The number of hydrogen-bond acceptors (Lipinski definition) is 3. The third kappa shape index (κ3) is 10.1. The maximum atomic E-state index is 11.4. The van der Waals surface area contributed by atoms with Gasteiger partial charge in [-0.2, -0.15) is 13.2 Å². The van der Waals surface area contributed by atoms with E-state index >= 15 is 0 Å². The Bertz CT molecular complexity index is 106. The summed E-state index contributed by atoms with van der Waals surface area (Å²) in [5.41, 5.74) is -4.29. The van der Waals surface area contributed by atoms with Crippen LogP contribution in [-0.4, -0.2) is 37.7 Å². The Hall–Kier alpha value is 0.0600. The molecule has 0 aliphatic heterocycles. The quantitative estimate of drug-likeness (QED) is 0.493. The van der Waals surface area contributed by atoms with Gasteiger partial charge in [0.2, 0.25) is 0 Å². The molecule has 0 radical (unpaired) electrons. The Morgan fingerprint density at radius 3 is 2.27 bits per heavy atom. The zero-order valence-electron chi connectivity index (χ0n) is 6.31. The number of likely N-dealkylation sites (N-methyl/N-ethyl adjacent to an activating group) is 1. The molecule has 11 heavy (non-hydrogen) atoms. The molecule has 0 spiro atoms. The van der Waals surface area contributed by atoms with Crippen molar-refractivity contribution >= 4 is 12.0 Å². The monoisotopic (exact) mass is 189 g/mol. The number of nitrogens with zero attached hydrogens (tertiary/aromatic N) is 1. The molecule has 0 amide bonds. The number of halogens is 3. The summed E-state index contributed by atoms with van der Waals surface area (Å²) in [6.07, 6.45) is 0. The molecule has 0 N–H and O–H groups in total. The standard InChI is InChI=1S/C5H10F3NOS/c1-9(2)3-4-10-11-5(6,7)8/h3-4H2,1-2H3. The molecule has 0 aliphatic carbocycles. The van der Waals surface area contributed by atoms with Gasteiger partial charge in [0.1, 0.15) is 12.0 Å². The van der Waals surface area contributed by atoms with E-state index in [1.165, 1.54) is 0 Å². The summed E-state index contributed by atoms with van der Waals surface area (Å²) in [5.74, 6) is 0. The van der Waals surface area contributed by atoms with Crippen LogP contribution in [0.25, 0.3) is 0 Å². The van der Waals surface area contributed by atoms with Crippen LogP contribution in [0.15, 0.2) is 0 Å². The molecule has 2 nitrogen and oxygen atoms in total. The highest BCUT2D eigenvalue weighted by atomic mass is 32.2. The fourth-order valence-electron chi connectivity index (χ4n) is 0.328. The Labute approximate surface area is 67.9 Å². The summed E-state index contributed by atoms with van der Waals surface area (Å²) in [5, 5.41) is 0. The molecule has 0 aromatic heterocycles. The van der Waals surface area contributed by atoms with E-state index in [0.29, 0.717) is 6.54 Å². The fraction of sp³-hybridized carbons (Fsp3) is 1.00. The van der Waals surface area contributed by atoms with Crippen LogP contribution in [0.3, 0.4) is 0 Å². The third-order valence-electron chi connectivity index (χ3n) is 0.775. The van der Waals surface area contributed by atoms with Crippen molar-refractivity contribution in [2.45, 2.75) is 5.51 Å². The summed E-state index contributed by atoms with van der Waals surface area (Å²) < 4.78 is 38.5. The largest absolute Gasteiger partial charge is 0.467 e. The molecule has 0 bridgehead atoms. The molecule has 0 aliphatic rings. The van der Waals surface area contributed by atoms with Crippen molar-refractivity contribution in [1.29, 1.82) is 0 Å². The molecule has 0 heterocycles. The molecular weight excluding hydrogens is 179 g/mol. The van der Waals surface area contributed by atoms with Gasteiger partial charge in [0.05, 0.1) is 6.61 Å². The van der Waals surface area contributed by atoms with Gasteiger partial charge >= 0.3 is 5.51 Å². The molecule has 0 rings (SSSR count). The van der Waals surface area contributed by atoms with Crippen LogP contribution in [0, 0.1) is 0 Å². The van der Waals surface area contributed by atoms with Crippen LogP contribution in [-0.2, 0) is 4.18 Å². The predicted octanol–water partition coefficient (Wildman–Crippen LogP) is 1.73. The van der Waals surface area contributed by atoms with Gasteiger partial charge in [-0.15, -0.1) is 0 Å². The Kier molecular flexibility index (Phi) is 4.87. The fourth-order valence-corrected chi connectivity index (χ4v) is 0.620. The topological polar surface area (TPSA) is 12.5 Å². The zero-order valence-corrected chi connectivity index (χ0v) is 7.13. The average molecular weight is 189 g/mol. The SMILES string of the molecule is CN(C)CCOSC(F)(F)F. The summed E-state index contributed by atoms with van der Waals surface area (Å²) >= 11 is -0.451. The zero-order chi connectivity index (χ0) is 8.91. The van der Waals surface area contributed by atoms with Gasteiger partial charge in [-0.3, -0.25) is 0 Å². The maximum Gasteiger partial charge on any atom is 0.467 e. The van der Waals surface area contributed by atoms with E-state index in [0.717, 1.165) is 0 Å². The lowest BCUT2D eigenvalue weighted by Gasteiger charge is -2.09. The van der Waals surface area contributed by atoms with Gasteiger partial charge in [0.15, 0.2) is 0 Å². The lowest BCUT2D eigenvalue weighted by atomic mass is 10.6. The van der Waals surface area contributed by atoms with Gasteiger partial charge < -0.3 is 9.08 Å². The lowest BCUT2D eigenvalue weighted by Crippen LogP contribution is -2.17. The Morgan fingerprint density at radius 1 is 1.36 bits per heavy atom. The van der Waals surface area contributed by atoms with Crippen LogP contribution in [0.1, 0.15) is 0 Å². The van der Waals surface area contributed by atoms with Gasteiger partial charge in [-0.25, -0.2) is 0 Å².